The predicted octanol–water partition coefficient (Wildman–Crippen LogP) is 2.54. The predicted molar refractivity (Wildman–Crippen MR) is 124 cm³/mol. The molecule has 1 saturated carbocycles. The molecule has 1 N–H and O–H groups in total. The van der Waals surface area contributed by atoms with Gasteiger partial charge in [0, 0.05) is 12.1 Å². The van der Waals surface area contributed by atoms with Gasteiger partial charge in [0.15, 0.2) is 9.84 Å². The van der Waals surface area contributed by atoms with Crippen LogP contribution in [0.4, 0.5) is 4.79 Å². The van der Waals surface area contributed by atoms with Crippen molar-refractivity contribution in [3.63, 3.8) is 0 Å². The maximum absolute atomic E-state index is 13.4. The minimum atomic E-state index is -3.17. The number of nitrogens with one attached hydrogen (secondary N) is 1. The minimum absolute atomic E-state index is 0.0356. The molecule has 0 aromatic heterocycles. The lowest BCUT2D eigenvalue weighted by atomic mass is 9.90. The Kier molecular flexibility index (Phi) is 6.28. The summed E-state index contributed by atoms with van der Waals surface area (Å²) >= 11 is 0. The van der Waals surface area contributed by atoms with Gasteiger partial charge in [-0.3, -0.25) is 14.5 Å². The second kappa shape index (κ2) is 8.74. The third kappa shape index (κ3) is 4.52. The van der Waals surface area contributed by atoms with Gasteiger partial charge in [-0.25, -0.2) is 13.2 Å². The highest BCUT2D eigenvalue weighted by molar-refractivity contribution is 7.91. The van der Waals surface area contributed by atoms with Crippen LogP contribution < -0.4 is 5.32 Å². The lowest BCUT2D eigenvalue weighted by Gasteiger charge is -2.35. The maximum Gasteiger partial charge on any atom is 0.325 e. The van der Waals surface area contributed by atoms with E-state index in [9.17, 15) is 22.8 Å². The Bertz CT molecular complexity index is 1050. The molecule has 1 aromatic carbocycles. The number of imide groups is 1. The van der Waals surface area contributed by atoms with Gasteiger partial charge in [0.1, 0.15) is 12.1 Å². The van der Waals surface area contributed by atoms with E-state index in [4.69, 9.17) is 0 Å². The second-order valence-corrected chi connectivity index (χ2v) is 12.2. The number of amides is 4. The van der Waals surface area contributed by atoms with Crippen LogP contribution in [0.25, 0.3) is 0 Å². The molecular weight excluding hydrogens is 442 g/mol. The Morgan fingerprint density at radius 1 is 1.12 bits per heavy atom. The Morgan fingerprint density at radius 2 is 1.76 bits per heavy atom. The van der Waals surface area contributed by atoms with Gasteiger partial charge in [0.25, 0.3) is 5.91 Å². The van der Waals surface area contributed by atoms with Gasteiger partial charge in [-0.15, -0.1) is 0 Å². The van der Waals surface area contributed by atoms with Crippen LogP contribution >= 0.6 is 0 Å². The first-order chi connectivity index (χ1) is 15.5. The lowest BCUT2D eigenvalue weighted by Crippen LogP contribution is -2.51. The molecule has 0 bridgehead atoms. The summed E-state index contributed by atoms with van der Waals surface area (Å²) in [5.74, 6) is -0.455. The number of rotatable bonds is 6. The molecule has 180 valence electrons. The summed E-state index contributed by atoms with van der Waals surface area (Å²) in [5.41, 5.74) is 0.543. The number of hydrogen-bond acceptors (Lipinski definition) is 5. The topological polar surface area (TPSA) is 104 Å². The fourth-order valence-electron chi connectivity index (χ4n) is 5.34. The van der Waals surface area contributed by atoms with Crippen molar-refractivity contribution in [1.29, 1.82) is 0 Å². The quantitative estimate of drug-likeness (QED) is 0.637. The van der Waals surface area contributed by atoms with E-state index in [1.165, 1.54) is 0 Å². The molecule has 1 aromatic rings. The van der Waals surface area contributed by atoms with E-state index in [2.05, 4.69) is 19.2 Å². The van der Waals surface area contributed by atoms with Crippen LogP contribution in [-0.4, -0.2) is 66.2 Å². The molecule has 3 aliphatic rings. The summed E-state index contributed by atoms with van der Waals surface area (Å²) in [6, 6.07) is 6.55. The van der Waals surface area contributed by atoms with Crippen LogP contribution in [-0.2, 0) is 25.0 Å². The number of sulfone groups is 1. The van der Waals surface area contributed by atoms with Crippen molar-refractivity contribution < 1.29 is 22.8 Å². The minimum Gasteiger partial charge on any atom is -0.334 e. The van der Waals surface area contributed by atoms with Gasteiger partial charge in [0.2, 0.25) is 5.91 Å². The van der Waals surface area contributed by atoms with Gasteiger partial charge in [-0.1, -0.05) is 51.0 Å². The van der Waals surface area contributed by atoms with Crippen molar-refractivity contribution in [2.45, 2.75) is 76.4 Å². The zero-order chi connectivity index (χ0) is 24.0. The zero-order valence-corrected chi connectivity index (χ0v) is 20.4. The van der Waals surface area contributed by atoms with Gasteiger partial charge in [0.05, 0.1) is 11.5 Å². The monoisotopic (exact) mass is 475 g/mol. The summed E-state index contributed by atoms with van der Waals surface area (Å²) in [5, 5.41) is 2.76. The van der Waals surface area contributed by atoms with Crippen molar-refractivity contribution in [3.05, 3.63) is 35.4 Å². The second-order valence-electron chi connectivity index (χ2n) is 10.0. The van der Waals surface area contributed by atoms with E-state index in [1.807, 2.05) is 24.3 Å². The molecule has 9 heteroatoms. The maximum atomic E-state index is 13.4. The number of hydrogen-bond donors (Lipinski definition) is 1. The van der Waals surface area contributed by atoms with Crippen LogP contribution in [0.5, 0.6) is 0 Å². The van der Waals surface area contributed by atoms with Crippen molar-refractivity contribution >= 4 is 27.7 Å². The number of carbonyl (C=O) groups excluding carboxylic acids is 3. The number of urea groups is 1. The molecular formula is C24H33N3O5S. The van der Waals surface area contributed by atoms with Crippen molar-refractivity contribution in [2.75, 3.05) is 18.1 Å². The first-order valence-electron chi connectivity index (χ1n) is 11.8. The van der Waals surface area contributed by atoms with Gasteiger partial charge < -0.3 is 10.2 Å². The molecule has 4 rings (SSSR count). The molecule has 2 aliphatic heterocycles. The highest BCUT2D eigenvalue weighted by Gasteiger charge is 2.50. The Balaban J connectivity index is 1.54. The first kappa shape index (κ1) is 23.7. The average molecular weight is 476 g/mol. The van der Waals surface area contributed by atoms with Crippen molar-refractivity contribution in [2.24, 2.45) is 0 Å². The van der Waals surface area contributed by atoms with Crippen LogP contribution in [0.15, 0.2) is 24.3 Å². The Morgan fingerprint density at radius 3 is 2.30 bits per heavy atom. The Hall–Kier alpha value is -2.42. The molecule has 0 radical (unpaired) electrons. The standard InChI is InChI=1S/C24H33N3O5S/c1-16(2)17-8-10-18(11-9-17)24(3)22(29)26(23(30)25-24)14-21(28)27(19-6-4-5-7-19)20-12-13-33(31,32)15-20/h8-11,16,19-20H,4-7,12-15H2,1-3H3,(H,25,30). The summed E-state index contributed by atoms with van der Waals surface area (Å²) < 4.78 is 24.1. The SMILES string of the molecule is CC(C)c1ccc(C2(C)NC(=O)N(CC(=O)N(C3CCCC3)C3CCS(=O)(=O)C3)C2=O)cc1. The zero-order valence-electron chi connectivity index (χ0n) is 19.5. The average Bonchev–Trinajstić information content (AvgIpc) is 3.45. The molecule has 3 fully saturated rings. The van der Waals surface area contributed by atoms with Gasteiger partial charge in [-0.05, 0) is 43.2 Å². The third-order valence-corrected chi connectivity index (χ3v) is 9.08. The normalized spacial score (nSPS) is 27.4. The van der Waals surface area contributed by atoms with E-state index in [1.54, 1.807) is 11.8 Å². The molecule has 2 unspecified atom stereocenters. The molecule has 1 aliphatic carbocycles. The van der Waals surface area contributed by atoms with E-state index in [-0.39, 0.29) is 36.0 Å². The summed E-state index contributed by atoms with van der Waals surface area (Å²) in [7, 11) is -3.17. The first-order valence-corrected chi connectivity index (χ1v) is 13.6. The van der Waals surface area contributed by atoms with Gasteiger partial charge in [-0.2, -0.15) is 0 Å². The van der Waals surface area contributed by atoms with Crippen molar-refractivity contribution in [3.8, 4) is 0 Å². The molecule has 2 saturated heterocycles. The van der Waals surface area contributed by atoms with Gasteiger partial charge >= 0.3 is 6.03 Å². The summed E-state index contributed by atoms with van der Waals surface area (Å²) in [4.78, 5) is 42.2. The van der Waals surface area contributed by atoms with E-state index < -0.39 is 27.3 Å². The highest BCUT2D eigenvalue weighted by Crippen LogP contribution is 2.32. The van der Waals surface area contributed by atoms with Crippen LogP contribution in [0.3, 0.4) is 0 Å². The summed E-state index contributed by atoms with van der Waals surface area (Å²) in [6.07, 6.45) is 4.03. The molecule has 2 atom stereocenters. The van der Waals surface area contributed by atoms with E-state index >= 15 is 0 Å². The molecule has 0 spiro atoms. The molecule has 8 nitrogen and oxygen atoms in total. The molecule has 33 heavy (non-hydrogen) atoms. The molecule has 4 amide bonds. The largest absolute Gasteiger partial charge is 0.334 e. The van der Waals surface area contributed by atoms with E-state index in [0.29, 0.717) is 17.9 Å². The van der Waals surface area contributed by atoms with Crippen LogP contribution in [0, 0.1) is 0 Å². The highest BCUT2D eigenvalue weighted by atomic mass is 32.2. The Labute approximate surface area is 195 Å². The molecule has 2 heterocycles. The van der Waals surface area contributed by atoms with E-state index in [0.717, 1.165) is 36.1 Å². The van der Waals surface area contributed by atoms with Crippen molar-refractivity contribution in [1.82, 2.24) is 15.1 Å². The number of benzene rings is 1. The smallest absolute Gasteiger partial charge is 0.325 e. The third-order valence-electron chi connectivity index (χ3n) is 7.33. The van der Waals surface area contributed by atoms with Crippen LogP contribution in [0.1, 0.15) is 69.9 Å². The number of carbonyl (C=O) groups is 3. The fourth-order valence-corrected chi connectivity index (χ4v) is 7.05. The fraction of sp³-hybridized carbons (Fsp3) is 0.625. The van der Waals surface area contributed by atoms with Crippen LogP contribution in [0.2, 0.25) is 0 Å². The number of nitrogens with zero attached hydrogens (tertiary/aromatic N) is 2. The lowest BCUT2D eigenvalue weighted by molar-refractivity contribution is -0.141. The summed E-state index contributed by atoms with van der Waals surface area (Å²) in [6.45, 7) is 5.44.